The molecule has 1 aliphatic rings. The normalized spacial score (nSPS) is 17.5. The first-order chi connectivity index (χ1) is 13.5. The summed E-state index contributed by atoms with van der Waals surface area (Å²) < 4.78 is 76.6. The molecule has 1 heterocycles. The summed E-state index contributed by atoms with van der Waals surface area (Å²) in [5, 5.41) is 2.97. The van der Waals surface area contributed by atoms with Gasteiger partial charge in [-0.15, -0.1) is 0 Å². The molecule has 0 aliphatic carbocycles. The van der Waals surface area contributed by atoms with E-state index in [2.05, 4.69) is 22.2 Å². The molecule has 0 amide bonds. The molecule has 0 aromatic heterocycles. The fourth-order valence-corrected chi connectivity index (χ4v) is 2.90. The molecule has 1 aromatic rings. The third-order valence-electron chi connectivity index (χ3n) is 4.60. The summed E-state index contributed by atoms with van der Waals surface area (Å²) in [5.41, 5.74) is -0.523. The van der Waals surface area contributed by atoms with E-state index in [-0.39, 0.29) is 25.2 Å². The first-order valence-corrected chi connectivity index (χ1v) is 8.95. The zero-order valence-corrected chi connectivity index (χ0v) is 16.0. The largest absolute Gasteiger partial charge is 0.416 e. The van der Waals surface area contributed by atoms with Crippen molar-refractivity contribution < 1.29 is 26.3 Å². The Bertz CT molecular complexity index is 767. The van der Waals surface area contributed by atoms with Gasteiger partial charge in [0.1, 0.15) is 6.04 Å². The number of hydrogen-bond acceptors (Lipinski definition) is 2. The first kappa shape index (κ1) is 22.9. The fourth-order valence-electron chi connectivity index (χ4n) is 2.90. The Labute approximate surface area is 165 Å². The van der Waals surface area contributed by atoms with Crippen LogP contribution >= 0.6 is 0 Å². The van der Waals surface area contributed by atoms with Gasteiger partial charge in [-0.3, -0.25) is 9.89 Å². The van der Waals surface area contributed by atoms with Crippen molar-refractivity contribution in [2.75, 3.05) is 39.8 Å². The van der Waals surface area contributed by atoms with Crippen LogP contribution < -0.4 is 5.32 Å². The number of benzene rings is 1. The maximum atomic E-state index is 12.8. The van der Waals surface area contributed by atoms with E-state index in [0.717, 1.165) is 19.1 Å². The zero-order chi connectivity index (χ0) is 21.7. The highest BCUT2D eigenvalue weighted by Gasteiger charge is 2.41. The molecular weight excluding hydrogens is 398 g/mol. The van der Waals surface area contributed by atoms with Crippen molar-refractivity contribution in [2.45, 2.75) is 25.3 Å². The second kappa shape index (κ2) is 9.39. The van der Waals surface area contributed by atoms with E-state index >= 15 is 0 Å². The second-order valence-electron chi connectivity index (χ2n) is 6.52. The van der Waals surface area contributed by atoms with Gasteiger partial charge in [0.2, 0.25) is 0 Å². The van der Waals surface area contributed by atoms with Crippen molar-refractivity contribution >= 4 is 5.96 Å². The summed E-state index contributed by atoms with van der Waals surface area (Å²) in [6, 6.07) is 3.23. The highest BCUT2D eigenvalue weighted by molar-refractivity contribution is 5.80. The van der Waals surface area contributed by atoms with Crippen LogP contribution in [0.25, 0.3) is 0 Å². The lowest BCUT2D eigenvalue weighted by Gasteiger charge is -2.39. The van der Waals surface area contributed by atoms with E-state index in [0.29, 0.717) is 19.0 Å². The summed E-state index contributed by atoms with van der Waals surface area (Å²) in [5.74, 6) is 5.88. The predicted octanol–water partition coefficient (Wildman–Crippen LogP) is 3.20. The van der Waals surface area contributed by atoms with Gasteiger partial charge >= 0.3 is 12.4 Å². The third-order valence-corrected chi connectivity index (χ3v) is 4.60. The molecule has 29 heavy (non-hydrogen) atoms. The average Bonchev–Trinajstić information content (AvgIpc) is 2.66. The Kier molecular flexibility index (Phi) is 7.41. The van der Waals surface area contributed by atoms with Crippen LogP contribution in [0, 0.1) is 11.8 Å². The van der Waals surface area contributed by atoms with Crippen LogP contribution in [0.4, 0.5) is 26.3 Å². The molecule has 1 saturated heterocycles. The van der Waals surface area contributed by atoms with Gasteiger partial charge in [0.05, 0.1) is 12.1 Å². The van der Waals surface area contributed by atoms with E-state index in [4.69, 9.17) is 0 Å². The number of rotatable bonds is 2. The molecule has 1 aromatic carbocycles. The lowest BCUT2D eigenvalue weighted by Crippen LogP contribution is -2.56. The summed E-state index contributed by atoms with van der Waals surface area (Å²) in [4.78, 5) is 7.29. The lowest BCUT2D eigenvalue weighted by atomic mass is 10.1. The quantitative estimate of drug-likeness (QED) is 0.345. The number of hydrogen-bond donors (Lipinski definition) is 1. The van der Waals surface area contributed by atoms with Crippen molar-refractivity contribution in [1.29, 1.82) is 0 Å². The van der Waals surface area contributed by atoms with Gasteiger partial charge < -0.3 is 10.2 Å². The lowest BCUT2D eigenvalue weighted by molar-refractivity contribution is -0.181. The number of piperazine rings is 1. The van der Waals surface area contributed by atoms with E-state index in [1.54, 1.807) is 7.05 Å². The summed E-state index contributed by atoms with van der Waals surface area (Å²) >= 11 is 0. The maximum absolute atomic E-state index is 12.8. The Balaban J connectivity index is 1.88. The van der Waals surface area contributed by atoms with Gasteiger partial charge in [-0.05, 0) is 25.1 Å². The highest BCUT2D eigenvalue weighted by Crippen LogP contribution is 2.29. The summed E-state index contributed by atoms with van der Waals surface area (Å²) in [7, 11) is 1.55. The molecule has 1 unspecified atom stereocenters. The van der Waals surface area contributed by atoms with Gasteiger partial charge in [-0.2, -0.15) is 26.3 Å². The molecule has 1 N–H and O–H groups in total. The van der Waals surface area contributed by atoms with Crippen molar-refractivity contribution in [1.82, 2.24) is 15.1 Å². The molecule has 160 valence electrons. The molecule has 0 saturated carbocycles. The zero-order valence-electron chi connectivity index (χ0n) is 16.0. The SMILES string of the molecule is CN=C(NCC#Cc1cccc(C(F)(F)F)c1)N1CCN(C(C)C(F)(F)F)CC1. The Morgan fingerprint density at radius 3 is 2.34 bits per heavy atom. The van der Waals surface area contributed by atoms with Gasteiger partial charge in [0.15, 0.2) is 5.96 Å². The minimum absolute atomic E-state index is 0.141. The molecular formula is C19H22F6N4. The number of nitrogens with one attached hydrogen (secondary N) is 1. The van der Waals surface area contributed by atoms with Crippen LogP contribution in [0.1, 0.15) is 18.1 Å². The minimum atomic E-state index is -4.43. The third kappa shape index (κ3) is 6.56. The first-order valence-electron chi connectivity index (χ1n) is 8.95. The van der Waals surface area contributed by atoms with E-state index in [1.807, 2.05) is 4.90 Å². The summed E-state index contributed by atoms with van der Waals surface area (Å²) in [6.07, 6.45) is -8.69. The average molecular weight is 420 g/mol. The van der Waals surface area contributed by atoms with Crippen molar-refractivity contribution in [3.63, 3.8) is 0 Å². The van der Waals surface area contributed by atoms with Crippen molar-refractivity contribution in [3.05, 3.63) is 35.4 Å². The number of halogens is 6. The van der Waals surface area contributed by atoms with Crippen LogP contribution in [0.3, 0.4) is 0 Å². The molecule has 0 radical (unpaired) electrons. The molecule has 4 nitrogen and oxygen atoms in total. The molecule has 1 atom stereocenters. The van der Waals surface area contributed by atoms with E-state index in [1.165, 1.54) is 17.0 Å². The number of alkyl halides is 6. The van der Waals surface area contributed by atoms with Gasteiger partial charge in [-0.1, -0.05) is 17.9 Å². The second-order valence-corrected chi connectivity index (χ2v) is 6.52. The monoisotopic (exact) mass is 420 g/mol. The topological polar surface area (TPSA) is 30.9 Å². The van der Waals surface area contributed by atoms with Crippen LogP contribution in [0.5, 0.6) is 0 Å². The standard InChI is InChI=1S/C19H22F6N4/c1-14(18(20,21)22)28-9-11-29(12-10-28)17(26-2)27-8-4-6-15-5-3-7-16(13-15)19(23,24)25/h3,5,7,13-14H,8-12H2,1-2H3,(H,26,27). The van der Waals surface area contributed by atoms with Crippen molar-refractivity contribution in [2.24, 2.45) is 4.99 Å². The molecule has 1 fully saturated rings. The molecule has 2 rings (SSSR count). The molecule has 0 bridgehead atoms. The van der Waals surface area contributed by atoms with Gasteiger partial charge in [0, 0.05) is 38.8 Å². The van der Waals surface area contributed by atoms with Crippen LogP contribution in [0.15, 0.2) is 29.3 Å². The van der Waals surface area contributed by atoms with Gasteiger partial charge in [-0.25, -0.2) is 0 Å². The Hall–Kier alpha value is -2.41. The van der Waals surface area contributed by atoms with E-state index in [9.17, 15) is 26.3 Å². The molecule has 10 heteroatoms. The Morgan fingerprint density at radius 1 is 1.14 bits per heavy atom. The number of nitrogens with zero attached hydrogens (tertiary/aromatic N) is 3. The smallest absolute Gasteiger partial charge is 0.345 e. The Morgan fingerprint density at radius 2 is 1.79 bits per heavy atom. The minimum Gasteiger partial charge on any atom is -0.345 e. The van der Waals surface area contributed by atoms with Crippen LogP contribution in [-0.2, 0) is 6.18 Å². The molecule has 0 spiro atoms. The maximum Gasteiger partial charge on any atom is 0.416 e. The van der Waals surface area contributed by atoms with E-state index < -0.39 is 24.0 Å². The molecule has 1 aliphatic heterocycles. The predicted molar refractivity (Wildman–Crippen MR) is 98.3 cm³/mol. The van der Waals surface area contributed by atoms with Crippen LogP contribution in [-0.4, -0.2) is 67.7 Å². The number of aliphatic imine (C=N–C) groups is 1. The summed E-state index contributed by atoms with van der Waals surface area (Å²) in [6.45, 7) is 2.53. The highest BCUT2D eigenvalue weighted by atomic mass is 19.4. The van der Waals surface area contributed by atoms with Gasteiger partial charge in [0.25, 0.3) is 0 Å². The number of guanidine groups is 1. The van der Waals surface area contributed by atoms with Crippen LogP contribution in [0.2, 0.25) is 0 Å². The van der Waals surface area contributed by atoms with Crippen molar-refractivity contribution in [3.8, 4) is 11.8 Å². The fraction of sp³-hybridized carbons (Fsp3) is 0.526.